The van der Waals surface area contributed by atoms with E-state index in [9.17, 15) is 4.79 Å². The predicted octanol–water partition coefficient (Wildman–Crippen LogP) is 3.04. The molecule has 0 saturated heterocycles. The van der Waals surface area contributed by atoms with Crippen molar-refractivity contribution in [3.63, 3.8) is 0 Å². The Labute approximate surface area is 107 Å². The van der Waals surface area contributed by atoms with Crippen LogP contribution in [0.15, 0.2) is 16.5 Å². The number of carboxylic acids is 1. The third kappa shape index (κ3) is 3.35. The fourth-order valence-corrected chi connectivity index (χ4v) is 2.62. The van der Waals surface area contributed by atoms with Crippen molar-refractivity contribution in [1.29, 1.82) is 0 Å². The smallest absolute Gasteiger partial charge is 0.371 e. The van der Waals surface area contributed by atoms with Crippen molar-refractivity contribution in [3.8, 4) is 0 Å². The largest absolute Gasteiger partial charge is 0.475 e. The molecule has 1 aliphatic carbocycles. The lowest BCUT2D eigenvalue weighted by Gasteiger charge is -2.22. The first kappa shape index (κ1) is 13.1. The van der Waals surface area contributed by atoms with Gasteiger partial charge in [-0.05, 0) is 30.9 Å². The van der Waals surface area contributed by atoms with Crippen LogP contribution < -0.4 is 5.32 Å². The lowest BCUT2D eigenvalue weighted by molar-refractivity contribution is 0.0660. The minimum atomic E-state index is -1.01. The zero-order chi connectivity index (χ0) is 13.0. The molecule has 4 heteroatoms. The predicted molar refractivity (Wildman–Crippen MR) is 68.5 cm³/mol. The van der Waals surface area contributed by atoms with Gasteiger partial charge in [-0.3, -0.25) is 0 Å². The summed E-state index contributed by atoms with van der Waals surface area (Å²) in [5, 5.41) is 12.3. The van der Waals surface area contributed by atoms with Crippen LogP contribution in [0, 0.1) is 5.92 Å². The van der Waals surface area contributed by atoms with Gasteiger partial charge in [0, 0.05) is 6.04 Å². The van der Waals surface area contributed by atoms with Crippen molar-refractivity contribution in [1.82, 2.24) is 5.32 Å². The summed E-state index contributed by atoms with van der Waals surface area (Å²) in [5.41, 5.74) is 0. The average Bonchev–Trinajstić information content (AvgIpc) is 2.72. The first-order chi connectivity index (χ1) is 8.66. The Morgan fingerprint density at radius 3 is 2.89 bits per heavy atom. The van der Waals surface area contributed by atoms with Gasteiger partial charge in [0.2, 0.25) is 5.76 Å². The summed E-state index contributed by atoms with van der Waals surface area (Å²) in [7, 11) is 0. The average molecular weight is 251 g/mol. The molecule has 4 nitrogen and oxygen atoms in total. The van der Waals surface area contributed by atoms with E-state index in [1.165, 1.54) is 38.2 Å². The second kappa shape index (κ2) is 6.05. The van der Waals surface area contributed by atoms with Gasteiger partial charge in [-0.15, -0.1) is 0 Å². The van der Waals surface area contributed by atoms with Crippen LogP contribution in [0.1, 0.15) is 55.3 Å². The molecule has 18 heavy (non-hydrogen) atoms. The van der Waals surface area contributed by atoms with Crippen LogP contribution >= 0.6 is 0 Å². The molecular weight excluding hydrogens is 230 g/mol. The molecule has 2 unspecified atom stereocenters. The van der Waals surface area contributed by atoms with Crippen LogP contribution in [0.5, 0.6) is 0 Å². The highest BCUT2D eigenvalue weighted by atomic mass is 16.4. The van der Waals surface area contributed by atoms with Gasteiger partial charge in [-0.1, -0.05) is 26.2 Å². The Morgan fingerprint density at radius 2 is 2.17 bits per heavy atom. The molecule has 2 atom stereocenters. The molecule has 2 N–H and O–H groups in total. The van der Waals surface area contributed by atoms with Gasteiger partial charge in [0.1, 0.15) is 5.76 Å². The zero-order valence-corrected chi connectivity index (χ0v) is 10.8. The number of nitrogens with one attached hydrogen (secondary N) is 1. The summed E-state index contributed by atoms with van der Waals surface area (Å²) in [6.07, 6.45) is 6.40. The topological polar surface area (TPSA) is 62.5 Å². The van der Waals surface area contributed by atoms with E-state index in [1.807, 2.05) is 0 Å². The highest BCUT2D eigenvalue weighted by molar-refractivity contribution is 5.84. The number of hydrogen-bond donors (Lipinski definition) is 2. The normalized spacial score (nSPS) is 24.7. The SMILES string of the molecule is CC1CCCCCC1NCc1ccc(C(=O)O)o1. The quantitative estimate of drug-likeness (QED) is 0.807. The highest BCUT2D eigenvalue weighted by Crippen LogP contribution is 2.23. The van der Waals surface area contributed by atoms with E-state index in [1.54, 1.807) is 6.07 Å². The number of furan rings is 1. The van der Waals surface area contributed by atoms with Gasteiger partial charge < -0.3 is 14.8 Å². The van der Waals surface area contributed by atoms with E-state index in [-0.39, 0.29) is 5.76 Å². The molecule has 0 aromatic carbocycles. The van der Waals surface area contributed by atoms with Gasteiger partial charge in [-0.25, -0.2) is 4.79 Å². The van der Waals surface area contributed by atoms with Crippen molar-refractivity contribution in [2.24, 2.45) is 5.92 Å². The van der Waals surface area contributed by atoms with Crippen LogP contribution in [0.3, 0.4) is 0 Å². The van der Waals surface area contributed by atoms with E-state index in [2.05, 4.69) is 12.2 Å². The van der Waals surface area contributed by atoms with Crippen molar-refractivity contribution in [2.75, 3.05) is 0 Å². The van der Waals surface area contributed by atoms with Crippen molar-refractivity contribution < 1.29 is 14.3 Å². The number of carboxylic acid groups (broad SMARTS) is 1. The molecule has 1 heterocycles. The molecule has 0 amide bonds. The number of rotatable bonds is 4. The van der Waals surface area contributed by atoms with Crippen molar-refractivity contribution in [3.05, 3.63) is 23.7 Å². The van der Waals surface area contributed by atoms with Crippen LogP contribution in [0.2, 0.25) is 0 Å². The minimum absolute atomic E-state index is 0.0146. The van der Waals surface area contributed by atoms with Crippen LogP contribution in [0.25, 0.3) is 0 Å². The summed E-state index contributed by atoms with van der Waals surface area (Å²) in [5.74, 6) is 0.384. The molecule has 0 aliphatic heterocycles. The molecule has 1 aromatic heterocycles. The zero-order valence-electron chi connectivity index (χ0n) is 10.8. The lowest BCUT2D eigenvalue weighted by atomic mass is 9.97. The fourth-order valence-electron chi connectivity index (χ4n) is 2.62. The third-order valence-electron chi connectivity index (χ3n) is 3.77. The van der Waals surface area contributed by atoms with Crippen LogP contribution in [-0.2, 0) is 6.54 Å². The Bertz CT molecular complexity index is 399. The molecule has 0 spiro atoms. The highest BCUT2D eigenvalue weighted by Gasteiger charge is 2.19. The van der Waals surface area contributed by atoms with E-state index in [0.717, 1.165) is 0 Å². The first-order valence-corrected chi connectivity index (χ1v) is 6.72. The summed E-state index contributed by atoms with van der Waals surface area (Å²) in [4.78, 5) is 10.7. The maximum atomic E-state index is 10.7. The molecule has 1 fully saturated rings. The van der Waals surface area contributed by atoms with Gasteiger partial charge >= 0.3 is 5.97 Å². The lowest BCUT2D eigenvalue weighted by Crippen LogP contribution is -2.33. The third-order valence-corrected chi connectivity index (χ3v) is 3.77. The Balaban J connectivity index is 1.87. The molecule has 1 aromatic rings. The Hall–Kier alpha value is -1.29. The number of hydrogen-bond acceptors (Lipinski definition) is 3. The fraction of sp³-hybridized carbons (Fsp3) is 0.643. The molecule has 1 saturated carbocycles. The molecule has 0 radical (unpaired) electrons. The summed E-state index contributed by atoms with van der Waals surface area (Å²) in [6, 6.07) is 3.76. The molecule has 100 valence electrons. The van der Waals surface area contributed by atoms with E-state index >= 15 is 0 Å². The first-order valence-electron chi connectivity index (χ1n) is 6.72. The van der Waals surface area contributed by atoms with Gasteiger partial charge in [-0.2, -0.15) is 0 Å². The molecule has 0 bridgehead atoms. The second-order valence-electron chi connectivity index (χ2n) is 5.17. The second-order valence-corrected chi connectivity index (χ2v) is 5.17. The molecule has 1 aliphatic rings. The van der Waals surface area contributed by atoms with Gasteiger partial charge in [0.15, 0.2) is 0 Å². The van der Waals surface area contributed by atoms with Gasteiger partial charge in [0.25, 0.3) is 0 Å². The molecular formula is C14H21NO3. The number of aromatic carboxylic acids is 1. The van der Waals surface area contributed by atoms with Crippen molar-refractivity contribution in [2.45, 2.75) is 51.6 Å². The summed E-state index contributed by atoms with van der Waals surface area (Å²) < 4.78 is 5.24. The molecule has 2 rings (SSSR count). The maximum Gasteiger partial charge on any atom is 0.371 e. The minimum Gasteiger partial charge on any atom is -0.475 e. The van der Waals surface area contributed by atoms with Crippen LogP contribution in [-0.4, -0.2) is 17.1 Å². The number of carbonyl (C=O) groups is 1. The summed E-state index contributed by atoms with van der Waals surface area (Å²) in [6.45, 7) is 2.90. The standard InChI is InChI=1S/C14H21NO3/c1-10-5-3-2-4-6-12(10)15-9-11-7-8-13(18-11)14(16)17/h7-8,10,12,15H,2-6,9H2,1H3,(H,16,17). The Kier molecular flexibility index (Phi) is 4.42. The monoisotopic (exact) mass is 251 g/mol. The van der Waals surface area contributed by atoms with Crippen LogP contribution in [0.4, 0.5) is 0 Å². The van der Waals surface area contributed by atoms with E-state index in [0.29, 0.717) is 24.3 Å². The maximum absolute atomic E-state index is 10.7. The van der Waals surface area contributed by atoms with E-state index in [4.69, 9.17) is 9.52 Å². The van der Waals surface area contributed by atoms with Crippen molar-refractivity contribution >= 4 is 5.97 Å². The Morgan fingerprint density at radius 1 is 1.39 bits per heavy atom. The summed E-state index contributed by atoms with van der Waals surface area (Å²) >= 11 is 0. The van der Waals surface area contributed by atoms with E-state index < -0.39 is 5.97 Å². The van der Waals surface area contributed by atoms with Gasteiger partial charge in [0.05, 0.1) is 6.54 Å².